The van der Waals surface area contributed by atoms with E-state index in [-0.39, 0.29) is 5.97 Å². The van der Waals surface area contributed by atoms with Crippen LogP contribution in [0.3, 0.4) is 0 Å². The van der Waals surface area contributed by atoms with Gasteiger partial charge >= 0.3 is 5.97 Å². The van der Waals surface area contributed by atoms with E-state index in [9.17, 15) is 4.79 Å². The van der Waals surface area contributed by atoms with Crippen molar-refractivity contribution < 1.29 is 9.53 Å². The second kappa shape index (κ2) is 5.14. The molecule has 1 N–H and O–H groups in total. The van der Waals surface area contributed by atoms with Gasteiger partial charge in [-0.25, -0.2) is 0 Å². The van der Waals surface area contributed by atoms with Crippen molar-refractivity contribution in [3.05, 3.63) is 0 Å². The van der Waals surface area contributed by atoms with Crippen LogP contribution in [-0.4, -0.2) is 25.7 Å². The molecule has 1 saturated heterocycles. The largest absolute Gasteiger partial charge is 0.466 e. The predicted molar refractivity (Wildman–Crippen MR) is 46.8 cm³/mol. The first-order valence-corrected chi connectivity index (χ1v) is 4.69. The molecule has 0 aliphatic carbocycles. The van der Waals surface area contributed by atoms with E-state index in [0.29, 0.717) is 18.9 Å². The van der Waals surface area contributed by atoms with Crippen LogP contribution in [0.5, 0.6) is 0 Å². The van der Waals surface area contributed by atoms with Crippen molar-refractivity contribution in [2.75, 3.05) is 19.7 Å². The zero-order valence-electron chi connectivity index (χ0n) is 7.64. The molecule has 0 aromatic heterocycles. The van der Waals surface area contributed by atoms with E-state index in [4.69, 9.17) is 4.74 Å². The number of rotatable bonds is 4. The highest BCUT2D eigenvalue weighted by Gasteiger charge is 2.15. The minimum Gasteiger partial charge on any atom is -0.466 e. The smallest absolute Gasteiger partial charge is 0.305 e. The average molecular weight is 171 g/mol. The molecule has 0 saturated carbocycles. The Balaban J connectivity index is 2.03. The lowest BCUT2D eigenvalue weighted by Crippen LogP contribution is -2.11. The van der Waals surface area contributed by atoms with E-state index in [2.05, 4.69) is 5.32 Å². The molecular formula is C9H17NO2. The minimum atomic E-state index is -0.0515. The molecule has 0 radical (unpaired) electrons. The molecule has 1 aliphatic rings. The average Bonchev–Trinajstić information content (AvgIpc) is 2.53. The highest BCUT2D eigenvalue weighted by molar-refractivity contribution is 5.69. The molecule has 0 bridgehead atoms. The molecule has 0 spiro atoms. The van der Waals surface area contributed by atoms with Crippen LogP contribution >= 0.6 is 0 Å². The molecule has 0 aromatic carbocycles. The van der Waals surface area contributed by atoms with Gasteiger partial charge in [-0.2, -0.15) is 0 Å². The molecule has 12 heavy (non-hydrogen) atoms. The van der Waals surface area contributed by atoms with Crippen LogP contribution in [0.1, 0.15) is 26.2 Å². The number of ether oxygens (including phenoxy) is 1. The zero-order valence-corrected chi connectivity index (χ0v) is 7.64. The lowest BCUT2D eigenvalue weighted by molar-refractivity contribution is -0.143. The molecule has 3 nitrogen and oxygen atoms in total. The Labute approximate surface area is 73.5 Å². The zero-order chi connectivity index (χ0) is 8.81. The molecule has 3 heteroatoms. The van der Waals surface area contributed by atoms with Crippen molar-refractivity contribution in [3.8, 4) is 0 Å². The number of hydrogen-bond acceptors (Lipinski definition) is 3. The standard InChI is InChI=1S/C9H17NO2/c1-2-12-9(11)4-3-8-5-6-10-7-8/h8,10H,2-7H2,1H3/t8-/m0/s1. The van der Waals surface area contributed by atoms with Crippen LogP contribution in [0, 0.1) is 5.92 Å². The molecule has 1 atom stereocenters. The van der Waals surface area contributed by atoms with Crippen molar-refractivity contribution in [3.63, 3.8) is 0 Å². The summed E-state index contributed by atoms with van der Waals surface area (Å²) in [7, 11) is 0. The second-order valence-electron chi connectivity index (χ2n) is 3.20. The van der Waals surface area contributed by atoms with Crippen LogP contribution < -0.4 is 5.32 Å². The van der Waals surface area contributed by atoms with Gasteiger partial charge < -0.3 is 10.1 Å². The number of carbonyl (C=O) groups excluding carboxylic acids is 1. The summed E-state index contributed by atoms with van der Waals surface area (Å²) < 4.78 is 4.84. The molecule has 0 aromatic rings. The first kappa shape index (κ1) is 9.52. The van der Waals surface area contributed by atoms with Crippen molar-refractivity contribution in [1.29, 1.82) is 0 Å². The SMILES string of the molecule is CCOC(=O)CC[C@H]1CCNC1. The van der Waals surface area contributed by atoms with E-state index in [1.165, 1.54) is 6.42 Å². The van der Waals surface area contributed by atoms with Crippen molar-refractivity contribution in [2.45, 2.75) is 26.2 Å². The fraction of sp³-hybridized carbons (Fsp3) is 0.889. The van der Waals surface area contributed by atoms with Gasteiger partial charge in [-0.1, -0.05) is 0 Å². The first-order valence-electron chi connectivity index (χ1n) is 4.69. The molecular weight excluding hydrogens is 154 g/mol. The lowest BCUT2D eigenvalue weighted by atomic mass is 10.0. The maximum atomic E-state index is 11.0. The van der Waals surface area contributed by atoms with Crippen molar-refractivity contribution in [1.82, 2.24) is 5.32 Å². The molecule has 1 fully saturated rings. The van der Waals surface area contributed by atoms with Crippen LogP contribution in [-0.2, 0) is 9.53 Å². The highest BCUT2D eigenvalue weighted by atomic mass is 16.5. The van der Waals surface area contributed by atoms with Crippen molar-refractivity contribution >= 4 is 5.97 Å². The number of hydrogen-bond donors (Lipinski definition) is 1. The summed E-state index contributed by atoms with van der Waals surface area (Å²) >= 11 is 0. The van der Waals surface area contributed by atoms with Crippen LogP contribution in [0.15, 0.2) is 0 Å². The van der Waals surface area contributed by atoms with Crippen LogP contribution in [0.2, 0.25) is 0 Å². The molecule has 1 aliphatic heterocycles. The third-order valence-corrected chi connectivity index (χ3v) is 2.22. The van der Waals surface area contributed by atoms with Gasteiger partial charge in [0.15, 0.2) is 0 Å². The fourth-order valence-corrected chi connectivity index (χ4v) is 1.52. The first-order chi connectivity index (χ1) is 5.83. The fourth-order valence-electron chi connectivity index (χ4n) is 1.52. The minimum absolute atomic E-state index is 0.0515. The maximum absolute atomic E-state index is 11.0. The van der Waals surface area contributed by atoms with E-state index in [0.717, 1.165) is 19.5 Å². The molecule has 0 amide bonds. The van der Waals surface area contributed by atoms with Gasteiger partial charge in [-0.3, -0.25) is 4.79 Å². The van der Waals surface area contributed by atoms with Gasteiger partial charge in [0.1, 0.15) is 0 Å². The third kappa shape index (κ3) is 3.22. The normalized spacial score (nSPS) is 22.6. The quantitative estimate of drug-likeness (QED) is 0.640. The Morgan fingerprint density at radius 3 is 3.08 bits per heavy atom. The van der Waals surface area contributed by atoms with Gasteiger partial charge in [0.2, 0.25) is 0 Å². The Kier molecular flexibility index (Phi) is 4.08. The summed E-state index contributed by atoms with van der Waals surface area (Å²) in [6.07, 6.45) is 2.77. The topological polar surface area (TPSA) is 38.3 Å². The molecule has 1 rings (SSSR count). The summed E-state index contributed by atoms with van der Waals surface area (Å²) in [5.74, 6) is 0.638. The van der Waals surface area contributed by atoms with Gasteiger partial charge in [0.25, 0.3) is 0 Å². The van der Waals surface area contributed by atoms with E-state index in [1.54, 1.807) is 0 Å². The summed E-state index contributed by atoms with van der Waals surface area (Å²) in [5, 5.41) is 3.28. The number of esters is 1. The van der Waals surface area contributed by atoms with Gasteiger partial charge in [-0.05, 0) is 38.8 Å². The second-order valence-corrected chi connectivity index (χ2v) is 3.20. The van der Waals surface area contributed by atoms with Gasteiger partial charge in [0, 0.05) is 6.42 Å². The van der Waals surface area contributed by atoms with Crippen LogP contribution in [0.4, 0.5) is 0 Å². The summed E-state index contributed by atoms with van der Waals surface area (Å²) in [4.78, 5) is 11.0. The third-order valence-electron chi connectivity index (χ3n) is 2.22. The number of nitrogens with one attached hydrogen (secondary N) is 1. The Hall–Kier alpha value is -0.570. The van der Waals surface area contributed by atoms with Crippen LogP contribution in [0.25, 0.3) is 0 Å². The maximum Gasteiger partial charge on any atom is 0.305 e. The monoisotopic (exact) mass is 171 g/mol. The molecule has 70 valence electrons. The van der Waals surface area contributed by atoms with E-state index >= 15 is 0 Å². The Morgan fingerprint density at radius 1 is 1.67 bits per heavy atom. The summed E-state index contributed by atoms with van der Waals surface area (Å²) in [5.41, 5.74) is 0. The molecule has 0 unspecified atom stereocenters. The van der Waals surface area contributed by atoms with Gasteiger partial charge in [-0.15, -0.1) is 0 Å². The van der Waals surface area contributed by atoms with E-state index in [1.807, 2.05) is 6.92 Å². The highest BCUT2D eigenvalue weighted by Crippen LogP contribution is 2.14. The Bertz CT molecular complexity index is 141. The van der Waals surface area contributed by atoms with Gasteiger partial charge in [0.05, 0.1) is 6.61 Å². The lowest BCUT2D eigenvalue weighted by Gasteiger charge is -2.06. The summed E-state index contributed by atoms with van der Waals surface area (Å²) in [6.45, 7) is 4.52. The van der Waals surface area contributed by atoms with Crippen molar-refractivity contribution in [2.24, 2.45) is 5.92 Å². The van der Waals surface area contributed by atoms with E-state index < -0.39 is 0 Å². The number of carbonyl (C=O) groups is 1. The predicted octanol–water partition coefficient (Wildman–Crippen LogP) is 0.939. The molecule has 1 heterocycles. The Morgan fingerprint density at radius 2 is 2.50 bits per heavy atom. The summed E-state index contributed by atoms with van der Waals surface area (Å²) in [6, 6.07) is 0.